The van der Waals surface area contributed by atoms with Crippen molar-refractivity contribution in [2.24, 2.45) is 0 Å². The van der Waals surface area contributed by atoms with Crippen molar-refractivity contribution in [3.05, 3.63) is 59.4 Å². The number of aryl methyl sites for hydroxylation is 1. The second-order valence-corrected chi connectivity index (χ2v) is 5.52. The van der Waals surface area contributed by atoms with E-state index in [0.29, 0.717) is 6.54 Å². The van der Waals surface area contributed by atoms with E-state index in [2.05, 4.69) is 5.32 Å². The van der Waals surface area contributed by atoms with Gasteiger partial charge in [0, 0.05) is 12.1 Å². The molecule has 5 heteroatoms. The SMILES string of the molecule is COc1ccc(C)cc1CN(C)CC(=O)Nc1ccccc1F. The minimum Gasteiger partial charge on any atom is -0.496 e. The molecule has 0 aliphatic heterocycles. The molecule has 23 heavy (non-hydrogen) atoms. The van der Waals surface area contributed by atoms with Crippen LogP contribution in [-0.2, 0) is 11.3 Å². The highest BCUT2D eigenvalue weighted by atomic mass is 19.1. The summed E-state index contributed by atoms with van der Waals surface area (Å²) in [6.07, 6.45) is 0. The Morgan fingerprint density at radius 3 is 2.70 bits per heavy atom. The van der Waals surface area contributed by atoms with Gasteiger partial charge in [-0.05, 0) is 32.2 Å². The van der Waals surface area contributed by atoms with Gasteiger partial charge in [0.15, 0.2) is 0 Å². The van der Waals surface area contributed by atoms with E-state index in [4.69, 9.17) is 4.74 Å². The van der Waals surface area contributed by atoms with E-state index in [1.54, 1.807) is 19.2 Å². The molecule has 1 N–H and O–H groups in total. The second-order valence-electron chi connectivity index (χ2n) is 5.52. The molecule has 0 radical (unpaired) electrons. The zero-order chi connectivity index (χ0) is 16.8. The minimum atomic E-state index is -0.441. The Balaban J connectivity index is 1.97. The van der Waals surface area contributed by atoms with Crippen molar-refractivity contribution < 1.29 is 13.9 Å². The molecule has 0 saturated heterocycles. The summed E-state index contributed by atoms with van der Waals surface area (Å²) in [5, 5.41) is 2.58. The molecule has 122 valence electrons. The molecule has 2 rings (SSSR count). The minimum absolute atomic E-state index is 0.158. The van der Waals surface area contributed by atoms with Crippen molar-refractivity contribution in [1.29, 1.82) is 0 Å². The average Bonchev–Trinajstić information content (AvgIpc) is 2.49. The summed E-state index contributed by atoms with van der Waals surface area (Å²) in [5.41, 5.74) is 2.33. The van der Waals surface area contributed by atoms with Crippen LogP contribution in [0.15, 0.2) is 42.5 Å². The van der Waals surface area contributed by atoms with Crippen LogP contribution >= 0.6 is 0 Å². The highest BCUT2D eigenvalue weighted by molar-refractivity contribution is 5.92. The molecule has 0 bridgehead atoms. The van der Waals surface area contributed by atoms with E-state index in [1.165, 1.54) is 12.1 Å². The maximum Gasteiger partial charge on any atom is 0.238 e. The van der Waals surface area contributed by atoms with Gasteiger partial charge in [0.1, 0.15) is 11.6 Å². The lowest BCUT2D eigenvalue weighted by atomic mass is 10.1. The largest absolute Gasteiger partial charge is 0.496 e. The Kier molecular flexibility index (Phi) is 5.71. The van der Waals surface area contributed by atoms with Crippen LogP contribution in [0.4, 0.5) is 10.1 Å². The average molecular weight is 316 g/mol. The fourth-order valence-electron chi connectivity index (χ4n) is 2.38. The number of rotatable bonds is 6. The highest BCUT2D eigenvalue weighted by Crippen LogP contribution is 2.21. The molecule has 0 aromatic heterocycles. The molecule has 0 spiro atoms. The van der Waals surface area contributed by atoms with Gasteiger partial charge in [-0.15, -0.1) is 0 Å². The third kappa shape index (κ3) is 4.79. The summed E-state index contributed by atoms with van der Waals surface area (Å²) < 4.78 is 18.9. The fraction of sp³-hybridized carbons (Fsp3) is 0.278. The van der Waals surface area contributed by atoms with E-state index >= 15 is 0 Å². The molecule has 0 aliphatic rings. The second kappa shape index (κ2) is 7.74. The van der Waals surface area contributed by atoms with Crippen LogP contribution in [0.5, 0.6) is 5.75 Å². The number of methoxy groups -OCH3 is 1. The fourth-order valence-corrected chi connectivity index (χ4v) is 2.38. The Labute approximate surface area is 135 Å². The van der Waals surface area contributed by atoms with E-state index in [-0.39, 0.29) is 18.1 Å². The lowest BCUT2D eigenvalue weighted by molar-refractivity contribution is -0.117. The van der Waals surface area contributed by atoms with Crippen LogP contribution < -0.4 is 10.1 Å². The third-order valence-corrected chi connectivity index (χ3v) is 3.44. The number of carbonyl (C=O) groups excluding carboxylic acids is 1. The first-order valence-corrected chi connectivity index (χ1v) is 7.36. The number of benzene rings is 2. The first-order chi connectivity index (χ1) is 11.0. The lowest BCUT2D eigenvalue weighted by Crippen LogP contribution is -2.30. The van der Waals surface area contributed by atoms with Gasteiger partial charge in [0.05, 0.1) is 19.3 Å². The van der Waals surface area contributed by atoms with E-state index < -0.39 is 5.82 Å². The van der Waals surface area contributed by atoms with Crippen molar-refractivity contribution in [3.8, 4) is 5.75 Å². The maximum absolute atomic E-state index is 13.5. The zero-order valence-corrected chi connectivity index (χ0v) is 13.6. The Morgan fingerprint density at radius 2 is 2.00 bits per heavy atom. The normalized spacial score (nSPS) is 10.7. The molecule has 0 unspecified atom stereocenters. The first kappa shape index (κ1) is 17.0. The van der Waals surface area contributed by atoms with Crippen molar-refractivity contribution in [3.63, 3.8) is 0 Å². The molecule has 0 atom stereocenters. The smallest absolute Gasteiger partial charge is 0.238 e. The quantitative estimate of drug-likeness (QED) is 0.890. The maximum atomic E-state index is 13.5. The van der Waals surface area contributed by atoms with Crippen molar-refractivity contribution in [2.45, 2.75) is 13.5 Å². The summed E-state index contributed by atoms with van der Waals surface area (Å²) >= 11 is 0. The number of hydrogen-bond acceptors (Lipinski definition) is 3. The molecule has 4 nitrogen and oxygen atoms in total. The molecule has 0 heterocycles. The monoisotopic (exact) mass is 316 g/mol. The summed E-state index contributed by atoms with van der Waals surface area (Å²) in [5.74, 6) is 0.0880. The Morgan fingerprint density at radius 1 is 1.26 bits per heavy atom. The lowest BCUT2D eigenvalue weighted by Gasteiger charge is -2.18. The van der Waals surface area contributed by atoms with Gasteiger partial charge in [0.2, 0.25) is 5.91 Å². The van der Waals surface area contributed by atoms with Gasteiger partial charge in [-0.2, -0.15) is 0 Å². The van der Waals surface area contributed by atoms with Gasteiger partial charge >= 0.3 is 0 Å². The molecule has 0 saturated carbocycles. The summed E-state index contributed by atoms with van der Waals surface area (Å²) in [6.45, 7) is 2.73. The molecule has 0 aliphatic carbocycles. The van der Waals surface area contributed by atoms with E-state index in [0.717, 1.165) is 16.9 Å². The number of para-hydroxylation sites is 1. The predicted octanol–water partition coefficient (Wildman–Crippen LogP) is 3.21. The molecule has 2 aromatic carbocycles. The van der Waals surface area contributed by atoms with Gasteiger partial charge in [0.25, 0.3) is 0 Å². The number of hydrogen-bond donors (Lipinski definition) is 1. The van der Waals surface area contributed by atoms with Crippen LogP contribution in [-0.4, -0.2) is 31.5 Å². The van der Waals surface area contributed by atoms with Crippen molar-refractivity contribution in [1.82, 2.24) is 4.90 Å². The van der Waals surface area contributed by atoms with E-state index in [9.17, 15) is 9.18 Å². The zero-order valence-electron chi connectivity index (χ0n) is 13.6. The standard InChI is InChI=1S/C18H21FN2O2/c1-13-8-9-17(23-3)14(10-13)11-21(2)12-18(22)20-16-7-5-4-6-15(16)19/h4-10H,11-12H2,1-3H3,(H,20,22). The van der Waals surface area contributed by atoms with E-state index in [1.807, 2.05) is 37.1 Å². The molecule has 1 amide bonds. The Hall–Kier alpha value is -2.40. The number of ether oxygens (including phenoxy) is 1. The van der Waals surface area contributed by atoms with Gasteiger partial charge < -0.3 is 10.1 Å². The van der Waals surface area contributed by atoms with Crippen molar-refractivity contribution >= 4 is 11.6 Å². The van der Waals surface area contributed by atoms with Crippen LogP contribution in [0.3, 0.4) is 0 Å². The van der Waals surface area contributed by atoms with Gasteiger partial charge in [-0.25, -0.2) is 4.39 Å². The molecule has 0 fully saturated rings. The van der Waals surface area contributed by atoms with Crippen LogP contribution in [0.2, 0.25) is 0 Å². The summed E-state index contributed by atoms with van der Waals surface area (Å²) in [7, 11) is 3.46. The third-order valence-electron chi connectivity index (χ3n) is 3.44. The summed E-state index contributed by atoms with van der Waals surface area (Å²) in [4.78, 5) is 13.9. The number of amides is 1. The first-order valence-electron chi connectivity index (χ1n) is 7.36. The Bertz CT molecular complexity index is 688. The number of likely N-dealkylation sites (N-methyl/N-ethyl adjacent to an activating group) is 1. The number of carbonyl (C=O) groups is 1. The van der Waals surface area contributed by atoms with Crippen LogP contribution in [0.25, 0.3) is 0 Å². The van der Waals surface area contributed by atoms with Crippen LogP contribution in [0.1, 0.15) is 11.1 Å². The number of halogens is 1. The topological polar surface area (TPSA) is 41.6 Å². The van der Waals surface area contributed by atoms with Crippen molar-refractivity contribution in [2.75, 3.05) is 26.0 Å². The van der Waals surface area contributed by atoms with Crippen LogP contribution in [0, 0.1) is 12.7 Å². The predicted molar refractivity (Wildman–Crippen MR) is 89.1 cm³/mol. The van der Waals surface area contributed by atoms with Gasteiger partial charge in [-0.3, -0.25) is 9.69 Å². The highest BCUT2D eigenvalue weighted by Gasteiger charge is 2.12. The number of nitrogens with one attached hydrogen (secondary N) is 1. The summed E-state index contributed by atoms with van der Waals surface area (Å²) in [6, 6.07) is 12.0. The molecular weight excluding hydrogens is 295 g/mol. The number of anilines is 1. The molecule has 2 aromatic rings. The molecular formula is C18H21FN2O2. The number of nitrogens with zero attached hydrogens (tertiary/aromatic N) is 1. The van der Waals surface area contributed by atoms with Gasteiger partial charge in [-0.1, -0.05) is 29.8 Å².